The van der Waals surface area contributed by atoms with Crippen molar-refractivity contribution in [1.82, 2.24) is 0 Å². The lowest BCUT2D eigenvalue weighted by Gasteiger charge is -2.10. The van der Waals surface area contributed by atoms with Crippen molar-refractivity contribution < 1.29 is 18.7 Å². The minimum Gasteiger partial charge on any atom is -0.493 e. The summed E-state index contributed by atoms with van der Waals surface area (Å²) in [6.45, 7) is 1.72. The second-order valence-corrected chi connectivity index (χ2v) is 5.43. The zero-order valence-electron chi connectivity index (χ0n) is 13.5. The Morgan fingerprint density at radius 2 is 1.96 bits per heavy atom. The van der Waals surface area contributed by atoms with Crippen LogP contribution in [0.1, 0.15) is 11.1 Å². The third-order valence-corrected chi connectivity index (χ3v) is 3.61. The maximum Gasteiger partial charge on any atom is 0.248 e. The zero-order chi connectivity index (χ0) is 17.7. The van der Waals surface area contributed by atoms with Crippen LogP contribution in [-0.2, 0) is 4.79 Å². The van der Waals surface area contributed by atoms with Crippen LogP contribution in [0.25, 0.3) is 6.08 Å². The summed E-state index contributed by atoms with van der Waals surface area (Å²) in [5, 5.41) is 3.07. The van der Waals surface area contributed by atoms with E-state index in [9.17, 15) is 9.18 Å². The molecule has 6 heteroatoms. The Morgan fingerprint density at radius 1 is 1.21 bits per heavy atom. The van der Waals surface area contributed by atoms with E-state index in [2.05, 4.69) is 5.32 Å². The topological polar surface area (TPSA) is 47.6 Å². The van der Waals surface area contributed by atoms with Crippen LogP contribution in [-0.4, -0.2) is 20.1 Å². The second-order valence-electron chi connectivity index (χ2n) is 5.02. The van der Waals surface area contributed by atoms with Crippen molar-refractivity contribution in [2.45, 2.75) is 6.92 Å². The molecule has 0 fully saturated rings. The summed E-state index contributed by atoms with van der Waals surface area (Å²) in [7, 11) is 3.00. The van der Waals surface area contributed by atoms with Crippen molar-refractivity contribution in [3.8, 4) is 11.5 Å². The van der Waals surface area contributed by atoms with Gasteiger partial charge < -0.3 is 14.8 Å². The molecule has 0 heterocycles. The fourth-order valence-electron chi connectivity index (χ4n) is 2.15. The number of halogens is 2. The summed E-state index contributed by atoms with van der Waals surface area (Å²) < 4.78 is 23.4. The first kappa shape index (κ1) is 17.8. The van der Waals surface area contributed by atoms with Gasteiger partial charge in [-0.05, 0) is 54.5 Å². The summed E-state index contributed by atoms with van der Waals surface area (Å²) in [6, 6.07) is 7.53. The molecule has 0 radical (unpaired) electrons. The molecule has 0 aromatic heterocycles. The number of benzene rings is 2. The summed E-state index contributed by atoms with van der Waals surface area (Å²) in [5.74, 6) is 0.221. The van der Waals surface area contributed by atoms with Crippen LogP contribution in [0, 0.1) is 12.7 Å². The van der Waals surface area contributed by atoms with Crippen LogP contribution in [0.4, 0.5) is 10.1 Å². The number of anilines is 1. The Bertz CT molecular complexity index is 790. The van der Waals surface area contributed by atoms with Gasteiger partial charge in [0.1, 0.15) is 5.82 Å². The Morgan fingerprint density at radius 3 is 2.58 bits per heavy atom. The van der Waals surface area contributed by atoms with Gasteiger partial charge in [-0.15, -0.1) is 0 Å². The predicted molar refractivity (Wildman–Crippen MR) is 93.4 cm³/mol. The molecule has 126 valence electrons. The molecule has 0 bridgehead atoms. The highest BCUT2D eigenvalue weighted by Crippen LogP contribution is 2.36. The third-order valence-electron chi connectivity index (χ3n) is 3.33. The molecule has 0 aliphatic carbocycles. The lowest BCUT2D eigenvalue weighted by atomic mass is 10.1. The molecule has 2 aromatic carbocycles. The van der Waals surface area contributed by atoms with E-state index in [1.54, 1.807) is 25.1 Å². The van der Waals surface area contributed by atoms with E-state index in [0.717, 1.165) is 0 Å². The maximum absolute atomic E-state index is 13.1. The molecule has 2 rings (SSSR count). The minimum absolute atomic E-state index is 0.337. The number of methoxy groups -OCH3 is 2. The molecule has 0 atom stereocenters. The first-order valence-electron chi connectivity index (χ1n) is 7.11. The zero-order valence-corrected chi connectivity index (χ0v) is 14.3. The second kappa shape index (κ2) is 7.84. The van der Waals surface area contributed by atoms with Crippen molar-refractivity contribution in [1.29, 1.82) is 0 Å². The van der Waals surface area contributed by atoms with Crippen LogP contribution in [0.15, 0.2) is 36.4 Å². The summed E-state index contributed by atoms with van der Waals surface area (Å²) in [4.78, 5) is 12.0. The monoisotopic (exact) mass is 349 g/mol. The normalized spacial score (nSPS) is 10.7. The van der Waals surface area contributed by atoms with Gasteiger partial charge in [-0.1, -0.05) is 11.6 Å². The van der Waals surface area contributed by atoms with Gasteiger partial charge in [0.25, 0.3) is 0 Å². The lowest BCUT2D eigenvalue weighted by Crippen LogP contribution is -2.09. The van der Waals surface area contributed by atoms with E-state index in [1.165, 1.54) is 38.5 Å². The largest absolute Gasteiger partial charge is 0.493 e. The van der Waals surface area contributed by atoms with Gasteiger partial charge in [0.2, 0.25) is 5.91 Å². The number of ether oxygens (including phenoxy) is 2. The Kier molecular flexibility index (Phi) is 5.82. The van der Waals surface area contributed by atoms with E-state index >= 15 is 0 Å². The molecule has 1 amide bonds. The Labute approximate surface area is 144 Å². The summed E-state index contributed by atoms with van der Waals surface area (Å²) in [5.41, 5.74) is 1.88. The third kappa shape index (κ3) is 4.26. The van der Waals surface area contributed by atoms with Gasteiger partial charge in [-0.2, -0.15) is 0 Å². The van der Waals surface area contributed by atoms with Crippen molar-refractivity contribution in [2.24, 2.45) is 0 Å². The molecule has 0 aliphatic rings. The molecular weight excluding hydrogens is 333 g/mol. The molecule has 0 saturated heterocycles. The smallest absolute Gasteiger partial charge is 0.248 e. The molecular formula is C18H17ClFNO3. The number of rotatable bonds is 5. The van der Waals surface area contributed by atoms with Gasteiger partial charge in [-0.25, -0.2) is 4.39 Å². The molecule has 4 nitrogen and oxygen atoms in total. The van der Waals surface area contributed by atoms with E-state index < -0.39 is 0 Å². The first-order valence-corrected chi connectivity index (χ1v) is 7.49. The van der Waals surface area contributed by atoms with Gasteiger partial charge in [0.15, 0.2) is 11.5 Å². The fourth-order valence-corrected chi connectivity index (χ4v) is 2.44. The fraction of sp³-hybridized carbons (Fsp3) is 0.167. The van der Waals surface area contributed by atoms with Gasteiger partial charge >= 0.3 is 0 Å². The van der Waals surface area contributed by atoms with Gasteiger partial charge in [0.05, 0.1) is 19.2 Å². The van der Waals surface area contributed by atoms with Crippen LogP contribution in [0.3, 0.4) is 0 Å². The number of carbonyl (C=O) groups excluding carboxylic acids is 1. The number of hydrogen-bond donors (Lipinski definition) is 1. The lowest BCUT2D eigenvalue weighted by molar-refractivity contribution is -0.111. The summed E-state index contributed by atoms with van der Waals surface area (Å²) >= 11 is 6.12. The van der Waals surface area contributed by atoms with Gasteiger partial charge in [-0.3, -0.25) is 4.79 Å². The quantitative estimate of drug-likeness (QED) is 0.811. The van der Waals surface area contributed by atoms with Crippen LogP contribution in [0.2, 0.25) is 5.02 Å². The van der Waals surface area contributed by atoms with Crippen molar-refractivity contribution >= 4 is 29.3 Å². The van der Waals surface area contributed by atoms with E-state index in [4.69, 9.17) is 21.1 Å². The molecule has 1 N–H and O–H groups in total. The molecule has 0 unspecified atom stereocenters. The van der Waals surface area contributed by atoms with Crippen molar-refractivity contribution in [3.05, 3.63) is 58.4 Å². The Balaban J connectivity index is 2.15. The highest BCUT2D eigenvalue weighted by molar-refractivity contribution is 6.32. The average molecular weight is 350 g/mol. The number of carbonyl (C=O) groups is 1. The SMILES string of the molecule is COc1cc(/C=C/C(=O)Nc2ccc(F)cc2C)cc(Cl)c1OC. The van der Waals surface area contributed by atoms with Crippen molar-refractivity contribution in [3.63, 3.8) is 0 Å². The van der Waals surface area contributed by atoms with E-state index in [0.29, 0.717) is 33.3 Å². The highest BCUT2D eigenvalue weighted by Gasteiger charge is 2.10. The van der Waals surface area contributed by atoms with Crippen LogP contribution in [0.5, 0.6) is 11.5 Å². The maximum atomic E-state index is 13.1. The predicted octanol–water partition coefficient (Wildman–Crippen LogP) is 4.46. The van der Waals surface area contributed by atoms with Gasteiger partial charge in [0, 0.05) is 11.8 Å². The molecule has 0 saturated carbocycles. The molecule has 2 aromatic rings. The van der Waals surface area contributed by atoms with Crippen LogP contribution < -0.4 is 14.8 Å². The number of aryl methyl sites for hydroxylation is 1. The van der Waals surface area contributed by atoms with E-state index in [1.807, 2.05) is 0 Å². The molecule has 0 spiro atoms. The standard InChI is InChI=1S/C18H17ClFNO3/c1-11-8-13(20)5-6-15(11)21-17(22)7-4-12-9-14(19)18(24-3)16(10-12)23-2/h4-10H,1-3H3,(H,21,22)/b7-4+. The highest BCUT2D eigenvalue weighted by atomic mass is 35.5. The minimum atomic E-state index is -0.346. The Hall–Kier alpha value is -2.53. The molecule has 0 aliphatic heterocycles. The molecule has 24 heavy (non-hydrogen) atoms. The first-order chi connectivity index (χ1) is 11.4. The number of hydrogen-bond acceptors (Lipinski definition) is 3. The van der Waals surface area contributed by atoms with Crippen LogP contribution >= 0.6 is 11.6 Å². The van der Waals surface area contributed by atoms with E-state index in [-0.39, 0.29) is 11.7 Å². The number of amides is 1. The number of nitrogens with one attached hydrogen (secondary N) is 1. The average Bonchev–Trinajstić information content (AvgIpc) is 2.55. The summed E-state index contributed by atoms with van der Waals surface area (Å²) in [6.07, 6.45) is 2.96. The van der Waals surface area contributed by atoms with Crippen molar-refractivity contribution in [2.75, 3.05) is 19.5 Å².